The Morgan fingerprint density at radius 3 is 2.56 bits per heavy atom. The molecule has 5 heteroatoms. The molecule has 2 aromatic carbocycles. The van der Waals surface area contributed by atoms with Crippen LogP contribution in [0, 0.1) is 0 Å². The third kappa shape index (κ3) is 6.05. The SMILES string of the molecule is CC(C)(C)c1ccc(OCCCC(=O)Nc2ccccc2Cl)c(Br)c1. The van der Waals surface area contributed by atoms with Crippen LogP contribution in [0.5, 0.6) is 5.75 Å². The van der Waals surface area contributed by atoms with E-state index in [9.17, 15) is 4.79 Å². The van der Waals surface area contributed by atoms with Gasteiger partial charge in [0.05, 0.1) is 21.8 Å². The van der Waals surface area contributed by atoms with Gasteiger partial charge in [0.2, 0.25) is 5.91 Å². The van der Waals surface area contributed by atoms with Gasteiger partial charge in [-0.1, -0.05) is 50.6 Å². The fourth-order valence-electron chi connectivity index (χ4n) is 2.27. The summed E-state index contributed by atoms with van der Waals surface area (Å²) in [4.78, 5) is 12.0. The number of amides is 1. The topological polar surface area (TPSA) is 38.3 Å². The predicted octanol–water partition coefficient (Wildman–Crippen LogP) is 6.20. The lowest BCUT2D eigenvalue weighted by molar-refractivity contribution is -0.116. The molecule has 0 atom stereocenters. The van der Waals surface area contributed by atoms with E-state index in [2.05, 4.69) is 54.2 Å². The molecular formula is C20H23BrClNO2. The van der Waals surface area contributed by atoms with Crippen LogP contribution >= 0.6 is 27.5 Å². The number of rotatable bonds is 6. The minimum Gasteiger partial charge on any atom is -0.492 e. The van der Waals surface area contributed by atoms with E-state index in [1.807, 2.05) is 18.2 Å². The summed E-state index contributed by atoms with van der Waals surface area (Å²) in [6, 6.07) is 13.3. The molecule has 2 aromatic rings. The minimum absolute atomic E-state index is 0.0705. The second kappa shape index (κ2) is 8.72. The van der Waals surface area contributed by atoms with Crippen LogP contribution in [0.2, 0.25) is 5.02 Å². The van der Waals surface area contributed by atoms with Crippen molar-refractivity contribution in [2.45, 2.75) is 39.0 Å². The minimum atomic E-state index is -0.0705. The molecule has 0 spiro atoms. The Kier molecular flexibility index (Phi) is 6.91. The summed E-state index contributed by atoms with van der Waals surface area (Å²) >= 11 is 9.58. The second-order valence-corrected chi connectivity index (χ2v) is 8.14. The van der Waals surface area contributed by atoms with E-state index in [0.29, 0.717) is 30.2 Å². The monoisotopic (exact) mass is 423 g/mol. The van der Waals surface area contributed by atoms with Crippen LogP contribution in [0.25, 0.3) is 0 Å². The molecule has 0 aromatic heterocycles. The number of hydrogen-bond donors (Lipinski definition) is 1. The van der Waals surface area contributed by atoms with Crippen LogP contribution in [-0.4, -0.2) is 12.5 Å². The highest BCUT2D eigenvalue weighted by Gasteiger charge is 2.15. The first kappa shape index (κ1) is 19.8. The van der Waals surface area contributed by atoms with Crippen molar-refractivity contribution in [1.82, 2.24) is 0 Å². The maximum Gasteiger partial charge on any atom is 0.224 e. The summed E-state index contributed by atoms with van der Waals surface area (Å²) in [7, 11) is 0. The largest absolute Gasteiger partial charge is 0.492 e. The number of benzene rings is 2. The molecule has 0 saturated carbocycles. The standard InChI is InChI=1S/C20H23BrClNO2/c1-20(2,3)14-10-11-18(15(21)13-14)25-12-6-9-19(24)23-17-8-5-4-7-16(17)22/h4-5,7-8,10-11,13H,6,9,12H2,1-3H3,(H,23,24). The number of ether oxygens (including phenoxy) is 1. The Balaban J connectivity index is 1.79. The number of carbonyl (C=O) groups is 1. The number of hydrogen-bond acceptors (Lipinski definition) is 2. The Morgan fingerprint density at radius 1 is 1.20 bits per heavy atom. The van der Waals surface area contributed by atoms with E-state index in [1.54, 1.807) is 12.1 Å². The van der Waals surface area contributed by atoms with E-state index in [-0.39, 0.29) is 11.3 Å². The maximum atomic E-state index is 12.0. The zero-order chi connectivity index (χ0) is 18.4. The van der Waals surface area contributed by atoms with Crippen LogP contribution < -0.4 is 10.1 Å². The van der Waals surface area contributed by atoms with Gasteiger partial charge in [-0.3, -0.25) is 4.79 Å². The van der Waals surface area contributed by atoms with Gasteiger partial charge in [0.15, 0.2) is 0 Å². The van der Waals surface area contributed by atoms with Gasteiger partial charge in [-0.15, -0.1) is 0 Å². The number of para-hydroxylation sites is 1. The van der Waals surface area contributed by atoms with Gasteiger partial charge in [-0.25, -0.2) is 0 Å². The van der Waals surface area contributed by atoms with Gasteiger partial charge < -0.3 is 10.1 Å². The summed E-state index contributed by atoms with van der Waals surface area (Å²) in [6.45, 7) is 7.00. The molecule has 0 radical (unpaired) electrons. The van der Waals surface area contributed by atoms with Crippen molar-refractivity contribution in [3.63, 3.8) is 0 Å². The molecule has 0 bridgehead atoms. The van der Waals surface area contributed by atoms with Gasteiger partial charge in [0.25, 0.3) is 0 Å². The zero-order valence-corrected chi connectivity index (χ0v) is 17.1. The van der Waals surface area contributed by atoms with Crippen molar-refractivity contribution in [2.75, 3.05) is 11.9 Å². The van der Waals surface area contributed by atoms with Gasteiger partial charge in [0.1, 0.15) is 5.75 Å². The average molecular weight is 425 g/mol. The Bertz CT molecular complexity index is 741. The molecule has 1 amide bonds. The van der Waals surface area contributed by atoms with Gasteiger partial charge >= 0.3 is 0 Å². The number of anilines is 1. The van der Waals surface area contributed by atoms with Crippen LogP contribution in [0.4, 0.5) is 5.69 Å². The average Bonchev–Trinajstić information content (AvgIpc) is 2.54. The molecule has 0 aliphatic heterocycles. The molecule has 134 valence electrons. The first-order valence-corrected chi connectivity index (χ1v) is 9.41. The van der Waals surface area contributed by atoms with Crippen LogP contribution in [0.15, 0.2) is 46.9 Å². The predicted molar refractivity (Wildman–Crippen MR) is 108 cm³/mol. The summed E-state index contributed by atoms with van der Waals surface area (Å²) in [5.74, 6) is 0.721. The van der Waals surface area contributed by atoms with Crippen LogP contribution in [-0.2, 0) is 10.2 Å². The second-order valence-electron chi connectivity index (χ2n) is 6.88. The molecule has 0 unspecified atom stereocenters. The highest BCUT2D eigenvalue weighted by atomic mass is 79.9. The lowest BCUT2D eigenvalue weighted by Crippen LogP contribution is -2.13. The van der Waals surface area contributed by atoms with E-state index in [0.717, 1.165) is 10.2 Å². The van der Waals surface area contributed by atoms with Crippen molar-refractivity contribution in [3.05, 3.63) is 57.5 Å². The Labute approximate surface area is 162 Å². The van der Waals surface area contributed by atoms with Crippen LogP contribution in [0.1, 0.15) is 39.2 Å². The Morgan fingerprint density at radius 2 is 1.92 bits per heavy atom. The maximum absolute atomic E-state index is 12.0. The molecule has 25 heavy (non-hydrogen) atoms. The fourth-order valence-corrected chi connectivity index (χ4v) is 2.95. The molecule has 3 nitrogen and oxygen atoms in total. The molecule has 0 fully saturated rings. The smallest absolute Gasteiger partial charge is 0.224 e. The quantitative estimate of drug-likeness (QED) is 0.561. The fraction of sp³-hybridized carbons (Fsp3) is 0.350. The van der Waals surface area contributed by atoms with Crippen molar-refractivity contribution < 1.29 is 9.53 Å². The van der Waals surface area contributed by atoms with Gasteiger partial charge in [-0.05, 0) is 57.6 Å². The van der Waals surface area contributed by atoms with Crippen molar-refractivity contribution in [1.29, 1.82) is 0 Å². The van der Waals surface area contributed by atoms with Crippen LogP contribution in [0.3, 0.4) is 0 Å². The molecular weight excluding hydrogens is 402 g/mol. The van der Waals surface area contributed by atoms with E-state index >= 15 is 0 Å². The van der Waals surface area contributed by atoms with Gasteiger partial charge in [-0.2, -0.15) is 0 Å². The summed E-state index contributed by atoms with van der Waals surface area (Å²) in [6.07, 6.45) is 1.01. The highest BCUT2D eigenvalue weighted by molar-refractivity contribution is 9.10. The van der Waals surface area contributed by atoms with Gasteiger partial charge in [0, 0.05) is 6.42 Å². The summed E-state index contributed by atoms with van der Waals surface area (Å²) < 4.78 is 6.71. The van der Waals surface area contributed by atoms with E-state index in [4.69, 9.17) is 16.3 Å². The summed E-state index contributed by atoms with van der Waals surface area (Å²) in [5.41, 5.74) is 1.97. The highest BCUT2D eigenvalue weighted by Crippen LogP contribution is 2.31. The first-order chi connectivity index (χ1) is 11.8. The molecule has 0 saturated heterocycles. The van der Waals surface area contributed by atoms with Crippen molar-refractivity contribution in [2.24, 2.45) is 0 Å². The first-order valence-electron chi connectivity index (χ1n) is 8.24. The normalized spacial score (nSPS) is 11.2. The number of halogens is 2. The number of nitrogens with one attached hydrogen (secondary N) is 1. The van der Waals surface area contributed by atoms with Crippen molar-refractivity contribution >= 4 is 39.1 Å². The Hall–Kier alpha value is -1.52. The van der Waals surface area contributed by atoms with E-state index in [1.165, 1.54) is 5.56 Å². The molecule has 0 heterocycles. The molecule has 0 aliphatic carbocycles. The lowest BCUT2D eigenvalue weighted by Gasteiger charge is -2.20. The molecule has 1 N–H and O–H groups in total. The third-order valence-corrected chi connectivity index (χ3v) is 4.70. The third-order valence-electron chi connectivity index (χ3n) is 3.75. The van der Waals surface area contributed by atoms with E-state index < -0.39 is 0 Å². The summed E-state index contributed by atoms with van der Waals surface area (Å²) in [5, 5.41) is 3.35. The lowest BCUT2D eigenvalue weighted by atomic mass is 9.87. The van der Waals surface area contributed by atoms with Crippen molar-refractivity contribution in [3.8, 4) is 5.75 Å². The molecule has 0 aliphatic rings. The molecule has 2 rings (SSSR count). The number of carbonyl (C=O) groups excluding carboxylic acids is 1. The zero-order valence-electron chi connectivity index (χ0n) is 14.7.